The van der Waals surface area contributed by atoms with Crippen LogP contribution in [0.15, 0.2) is 24.3 Å². The van der Waals surface area contributed by atoms with Crippen LogP contribution in [0.4, 0.5) is 0 Å². The highest BCUT2D eigenvalue weighted by Crippen LogP contribution is 2.27. The molecule has 0 saturated carbocycles. The summed E-state index contributed by atoms with van der Waals surface area (Å²) in [5.74, 6) is 0.841. The van der Waals surface area contributed by atoms with Crippen LogP contribution >= 0.6 is 11.5 Å². The van der Waals surface area contributed by atoms with Gasteiger partial charge in [-0.15, -0.1) is 5.10 Å². The molecule has 0 aliphatic carbocycles. The molecule has 0 amide bonds. The van der Waals surface area contributed by atoms with Gasteiger partial charge in [-0.3, -0.25) is 0 Å². The fraction of sp³-hybridized carbons (Fsp3) is 0.385. The van der Waals surface area contributed by atoms with E-state index < -0.39 is 0 Å². The van der Waals surface area contributed by atoms with Crippen LogP contribution in [0, 0.1) is 6.92 Å². The van der Waals surface area contributed by atoms with Crippen molar-refractivity contribution >= 4 is 11.5 Å². The molecule has 0 spiro atoms. The highest BCUT2D eigenvalue weighted by molar-refractivity contribution is 7.05. The first-order valence-electron chi connectivity index (χ1n) is 5.89. The van der Waals surface area contributed by atoms with E-state index in [4.69, 9.17) is 10.5 Å². The van der Waals surface area contributed by atoms with Crippen LogP contribution in [-0.4, -0.2) is 15.7 Å². The molecule has 5 heteroatoms. The van der Waals surface area contributed by atoms with Crippen molar-refractivity contribution in [1.29, 1.82) is 0 Å². The summed E-state index contributed by atoms with van der Waals surface area (Å²) < 4.78 is 9.59. The molecule has 0 radical (unpaired) electrons. The topological polar surface area (TPSA) is 61.0 Å². The van der Waals surface area contributed by atoms with Crippen molar-refractivity contribution in [2.24, 2.45) is 5.73 Å². The molecule has 2 rings (SSSR count). The van der Waals surface area contributed by atoms with Crippen LogP contribution in [-0.2, 0) is 0 Å². The van der Waals surface area contributed by atoms with Crippen molar-refractivity contribution < 1.29 is 4.74 Å². The summed E-state index contributed by atoms with van der Waals surface area (Å²) >= 11 is 1.35. The fourth-order valence-corrected chi connectivity index (χ4v) is 2.40. The quantitative estimate of drug-likeness (QED) is 0.921. The Balaban J connectivity index is 2.25. The van der Waals surface area contributed by atoms with E-state index in [2.05, 4.69) is 9.59 Å². The summed E-state index contributed by atoms with van der Waals surface area (Å²) in [4.78, 5) is 0.997. The molecule has 0 aliphatic heterocycles. The average molecular weight is 263 g/mol. The molecule has 1 aromatic carbocycles. The largest absolute Gasteiger partial charge is 0.491 e. The van der Waals surface area contributed by atoms with Gasteiger partial charge in [0.15, 0.2) is 0 Å². The maximum absolute atomic E-state index is 6.24. The van der Waals surface area contributed by atoms with E-state index >= 15 is 0 Å². The van der Waals surface area contributed by atoms with Crippen molar-refractivity contribution in [1.82, 2.24) is 9.59 Å². The molecule has 0 aliphatic rings. The van der Waals surface area contributed by atoms with Gasteiger partial charge in [-0.2, -0.15) is 0 Å². The van der Waals surface area contributed by atoms with Gasteiger partial charge in [0.05, 0.1) is 22.7 Å². The molecule has 2 aromatic rings. The summed E-state index contributed by atoms with van der Waals surface area (Å²) in [5, 5.41) is 3.99. The third-order valence-electron chi connectivity index (χ3n) is 2.56. The van der Waals surface area contributed by atoms with Crippen molar-refractivity contribution in [3.8, 4) is 5.75 Å². The van der Waals surface area contributed by atoms with Gasteiger partial charge in [0.2, 0.25) is 0 Å². The van der Waals surface area contributed by atoms with Gasteiger partial charge in [-0.25, -0.2) is 0 Å². The van der Waals surface area contributed by atoms with Crippen molar-refractivity contribution in [2.45, 2.75) is 32.9 Å². The number of aryl methyl sites for hydroxylation is 1. The molecule has 2 N–H and O–H groups in total. The normalized spacial score (nSPS) is 12.7. The zero-order valence-corrected chi connectivity index (χ0v) is 11.6. The molecule has 4 nitrogen and oxygen atoms in total. The lowest BCUT2D eigenvalue weighted by atomic mass is 10.1. The van der Waals surface area contributed by atoms with Crippen LogP contribution in [0.3, 0.4) is 0 Å². The fourth-order valence-electron chi connectivity index (χ4n) is 1.73. The standard InChI is InChI=1S/C13H17N3OS/c1-8(2)17-11-6-4-5-10(7-11)12(14)13-9(3)15-16-18-13/h4-8,12H,14H2,1-3H3. The van der Waals surface area contributed by atoms with Gasteiger partial charge in [0.25, 0.3) is 0 Å². The number of hydrogen-bond donors (Lipinski definition) is 1. The van der Waals surface area contributed by atoms with Gasteiger partial charge >= 0.3 is 0 Å². The Hall–Kier alpha value is -1.46. The summed E-state index contributed by atoms with van der Waals surface area (Å²) in [6, 6.07) is 7.67. The molecule has 0 saturated heterocycles. The molecule has 1 aromatic heterocycles. The van der Waals surface area contributed by atoms with E-state index in [1.54, 1.807) is 0 Å². The summed E-state index contributed by atoms with van der Waals surface area (Å²) in [6.45, 7) is 5.93. The second kappa shape index (κ2) is 5.46. The van der Waals surface area contributed by atoms with Gasteiger partial charge in [0.1, 0.15) is 5.75 Å². The molecule has 1 unspecified atom stereocenters. The Labute approximate surface area is 111 Å². The van der Waals surface area contributed by atoms with E-state index in [-0.39, 0.29) is 12.1 Å². The Kier molecular flexibility index (Phi) is 3.93. The minimum atomic E-state index is -0.194. The number of benzene rings is 1. The third kappa shape index (κ3) is 2.86. The summed E-state index contributed by atoms with van der Waals surface area (Å²) in [7, 11) is 0. The highest BCUT2D eigenvalue weighted by Gasteiger charge is 2.15. The number of aromatic nitrogens is 2. The van der Waals surface area contributed by atoms with E-state index in [1.165, 1.54) is 11.5 Å². The van der Waals surface area contributed by atoms with Gasteiger partial charge in [-0.05, 0) is 50.0 Å². The van der Waals surface area contributed by atoms with Crippen molar-refractivity contribution in [3.05, 3.63) is 40.4 Å². The highest BCUT2D eigenvalue weighted by atomic mass is 32.1. The molecule has 0 fully saturated rings. The maximum atomic E-state index is 6.24. The van der Waals surface area contributed by atoms with E-state index in [9.17, 15) is 0 Å². The number of ether oxygens (including phenoxy) is 1. The zero-order chi connectivity index (χ0) is 13.1. The van der Waals surface area contributed by atoms with Crippen LogP contribution in [0.5, 0.6) is 5.75 Å². The van der Waals surface area contributed by atoms with Crippen LogP contribution in [0.2, 0.25) is 0 Å². The Morgan fingerprint density at radius 3 is 2.72 bits per heavy atom. The predicted octanol–water partition coefficient (Wildman–Crippen LogP) is 2.68. The Morgan fingerprint density at radius 1 is 1.33 bits per heavy atom. The van der Waals surface area contributed by atoms with E-state index in [0.29, 0.717) is 0 Å². The second-order valence-electron chi connectivity index (χ2n) is 4.44. The number of nitrogens with zero attached hydrogens (tertiary/aromatic N) is 2. The third-order valence-corrected chi connectivity index (χ3v) is 3.47. The molecule has 1 atom stereocenters. The molecule has 96 valence electrons. The van der Waals surface area contributed by atoms with Gasteiger partial charge in [0, 0.05) is 0 Å². The van der Waals surface area contributed by atoms with Gasteiger partial charge in [-0.1, -0.05) is 16.6 Å². The van der Waals surface area contributed by atoms with Crippen LogP contribution in [0.25, 0.3) is 0 Å². The number of nitrogens with two attached hydrogens (primary N) is 1. The van der Waals surface area contributed by atoms with E-state index in [1.807, 2.05) is 45.0 Å². The lowest BCUT2D eigenvalue weighted by Crippen LogP contribution is -2.12. The summed E-state index contributed by atoms with van der Waals surface area (Å²) in [5.41, 5.74) is 8.14. The minimum absolute atomic E-state index is 0.156. The molecule has 0 bridgehead atoms. The summed E-state index contributed by atoms with van der Waals surface area (Å²) in [6.07, 6.45) is 0.156. The SMILES string of the molecule is Cc1nnsc1C(N)c1cccc(OC(C)C)c1. The first kappa shape index (κ1) is 13.0. The smallest absolute Gasteiger partial charge is 0.120 e. The molecule has 18 heavy (non-hydrogen) atoms. The van der Waals surface area contributed by atoms with Gasteiger partial charge < -0.3 is 10.5 Å². The van der Waals surface area contributed by atoms with Crippen molar-refractivity contribution in [2.75, 3.05) is 0 Å². The zero-order valence-electron chi connectivity index (χ0n) is 10.8. The lowest BCUT2D eigenvalue weighted by molar-refractivity contribution is 0.242. The van der Waals surface area contributed by atoms with Crippen LogP contribution in [0.1, 0.15) is 36.0 Å². The first-order valence-corrected chi connectivity index (χ1v) is 6.66. The maximum Gasteiger partial charge on any atom is 0.120 e. The average Bonchev–Trinajstić information content (AvgIpc) is 2.74. The Morgan fingerprint density at radius 2 is 2.11 bits per heavy atom. The number of hydrogen-bond acceptors (Lipinski definition) is 5. The lowest BCUT2D eigenvalue weighted by Gasteiger charge is -2.14. The second-order valence-corrected chi connectivity index (χ2v) is 5.23. The minimum Gasteiger partial charge on any atom is -0.491 e. The number of rotatable bonds is 4. The first-order chi connectivity index (χ1) is 8.58. The monoisotopic (exact) mass is 263 g/mol. The van der Waals surface area contributed by atoms with Crippen molar-refractivity contribution in [3.63, 3.8) is 0 Å². The molecular weight excluding hydrogens is 246 g/mol. The molecule has 1 heterocycles. The van der Waals surface area contributed by atoms with E-state index in [0.717, 1.165) is 21.9 Å². The Bertz CT molecular complexity index is 524. The van der Waals surface area contributed by atoms with Crippen LogP contribution < -0.4 is 10.5 Å². The predicted molar refractivity (Wildman–Crippen MR) is 72.9 cm³/mol. The molecular formula is C13H17N3OS.